The third kappa shape index (κ3) is 4.31. The summed E-state index contributed by atoms with van der Waals surface area (Å²) in [5, 5.41) is 7.67. The van der Waals surface area contributed by atoms with Crippen LogP contribution < -0.4 is 15.4 Å². The lowest BCUT2D eigenvalue weighted by Gasteiger charge is -2.39. The van der Waals surface area contributed by atoms with E-state index in [1.54, 1.807) is 7.11 Å². The zero-order valence-electron chi connectivity index (χ0n) is 16.7. The van der Waals surface area contributed by atoms with Crippen molar-refractivity contribution >= 4 is 23.0 Å². The highest BCUT2D eigenvalue weighted by atomic mass is 32.1. The maximum Gasteiger partial charge on any atom is 0.171 e. The van der Waals surface area contributed by atoms with Crippen LogP contribution in [-0.4, -0.2) is 35.2 Å². The number of rotatable bonds is 5. The van der Waals surface area contributed by atoms with Crippen LogP contribution in [0.15, 0.2) is 48.5 Å². The van der Waals surface area contributed by atoms with E-state index in [9.17, 15) is 0 Å². The number of anilines is 1. The molecule has 2 N–H and O–H groups in total. The molecule has 2 aliphatic heterocycles. The van der Waals surface area contributed by atoms with Crippen molar-refractivity contribution in [3.8, 4) is 5.75 Å². The van der Waals surface area contributed by atoms with Gasteiger partial charge in [-0.15, -0.1) is 0 Å². The van der Waals surface area contributed by atoms with Gasteiger partial charge in [0.1, 0.15) is 5.75 Å². The molecule has 2 aromatic carbocycles. The highest BCUT2D eigenvalue weighted by Gasteiger charge is 2.40. The van der Waals surface area contributed by atoms with Crippen LogP contribution >= 0.6 is 12.2 Å². The summed E-state index contributed by atoms with van der Waals surface area (Å²) in [5.41, 5.74) is 3.65. The quantitative estimate of drug-likeness (QED) is 0.730. The molecule has 2 bridgehead atoms. The van der Waals surface area contributed by atoms with Gasteiger partial charge in [-0.2, -0.15) is 0 Å². The summed E-state index contributed by atoms with van der Waals surface area (Å²) >= 11 is 5.58. The van der Waals surface area contributed by atoms with E-state index in [2.05, 4.69) is 58.9 Å². The number of thiocarbonyl (C=S) groups is 1. The Balaban J connectivity index is 1.33. The molecule has 2 heterocycles. The molecule has 2 unspecified atom stereocenters. The summed E-state index contributed by atoms with van der Waals surface area (Å²) in [6.45, 7) is 3.13. The molecular formula is C23H29N3OS. The number of nitrogens with zero attached hydrogens (tertiary/aromatic N) is 1. The Morgan fingerprint density at radius 2 is 1.75 bits per heavy atom. The van der Waals surface area contributed by atoms with Crippen molar-refractivity contribution in [1.29, 1.82) is 0 Å². The fourth-order valence-corrected chi connectivity index (χ4v) is 4.93. The number of nitrogens with one attached hydrogen (secondary N) is 2. The first kappa shape index (κ1) is 19.2. The fraction of sp³-hybridized carbons (Fsp3) is 0.435. The van der Waals surface area contributed by atoms with Crippen LogP contribution in [0, 0.1) is 6.92 Å². The van der Waals surface area contributed by atoms with Gasteiger partial charge in [-0.05, 0) is 74.2 Å². The Bertz CT molecular complexity index is 809. The smallest absolute Gasteiger partial charge is 0.171 e. The van der Waals surface area contributed by atoms with Crippen LogP contribution in [0.3, 0.4) is 0 Å². The predicted molar refractivity (Wildman–Crippen MR) is 119 cm³/mol. The Morgan fingerprint density at radius 1 is 1.07 bits per heavy atom. The lowest BCUT2D eigenvalue weighted by atomic mass is 9.96. The molecule has 0 aliphatic carbocycles. The first-order valence-corrected chi connectivity index (χ1v) is 10.5. The van der Waals surface area contributed by atoms with E-state index in [0.717, 1.165) is 35.9 Å². The Morgan fingerprint density at radius 3 is 2.39 bits per heavy atom. The van der Waals surface area contributed by atoms with Gasteiger partial charge in [0, 0.05) is 30.4 Å². The summed E-state index contributed by atoms with van der Waals surface area (Å²) < 4.78 is 5.27. The van der Waals surface area contributed by atoms with Crippen molar-refractivity contribution in [2.75, 3.05) is 12.4 Å². The van der Waals surface area contributed by atoms with Crippen LogP contribution in [-0.2, 0) is 6.54 Å². The Labute approximate surface area is 173 Å². The molecule has 0 saturated carbocycles. The molecule has 2 aromatic rings. The fourth-order valence-electron chi connectivity index (χ4n) is 4.65. The number of aryl methyl sites for hydroxylation is 1. The van der Waals surface area contributed by atoms with Crippen molar-refractivity contribution in [1.82, 2.24) is 10.2 Å². The van der Waals surface area contributed by atoms with Gasteiger partial charge in [0.15, 0.2) is 5.11 Å². The molecular weight excluding hydrogens is 366 g/mol. The molecule has 148 valence electrons. The Kier molecular flexibility index (Phi) is 5.83. The van der Waals surface area contributed by atoms with Gasteiger partial charge in [-0.1, -0.05) is 30.3 Å². The van der Waals surface area contributed by atoms with Gasteiger partial charge in [0.25, 0.3) is 0 Å². The van der Waals surface area contributed by atoms with Crippen LogP contribution in [0.5, 0.6) is 5.75 Å². The van der Waals surface area contributed by atoms with Gasteiger partial charge in [0.2, 0.25) is 0 Å². The minimum absolute atomic E-state index is 0.452. The van der Waals surface area contributed by atoms with E-state index in [4.69, 9.17) is 17.0 Å². The number of hydrogen-bond acceptors (Lipinski definition) is 3. The molecule has 4 nitrogen and oxygen atoms in total. The summed E-state index contributed by atoms with van der Waals surface area (Å²) in [6.07, 6.45) is 4.89. The lowest BCUT2D eigenvalue weighted by molar-refractivity contribution is 0.115. The summed E-state index contributed by atoms with van der Waals surface area (Å²) in [6, 6.07) is 18.5. The molecule has 2 fully saturated rings. The second kappa shape index (κ2) is 8.50. The van der Waals surface area contributed by atoms with Crippen LogP contribution in [0.4, 0.5) is 5.69 Å². The molecule has 0 amide bonds. The predicted octanol–water partition coefficient (Wildman–Crippen LogP) is 4.49. The zero-order chi connectivity index (χ0) is 19.5. The van der Waals surface area contributed by atoms with Crippen molar-refractivity contribution in [2.45, 2.75) is 57.3 Å². The third-order valence-corrected chi connectivity index (χ3v) is 6.36. The van der Waals surface area contributed by atoms with E-state index in [1.165, 1.54) is 24.0 Å². The van der Waals surface area contributed by atoms with Crippen molar-refractivity contribution in [3.63, 3.8) is 0 Å². The number of ether oxygens (including phenoxy) is 1. The second-order valence-electron chi connectivity index (χ2n) is 7.99. The Hall–Kier alpha value is -2.11. The van der Waals surface area contributed by atoms with Crippen molar-refractivity contribution < 1.29 is 4.74 Å². The van der Waals surface area contributed by atoms with E-state index in [0.29, 0.717) is 18.1 Å². The minimum atomic E-state index is 0.452. The molecule has 2 aliphatic rings. The van der Waals surface area contributed by atoms with Gasteiger partial charge in [-0.3, -0.25) is 4.90 Å². The average Bonchev–Trinajstić information content (AvgIpc) is 2.93. The summed E-state index contributed by atoms with van der Waals surface area (Å²) in [4.78, 5) is 2.69. The number of para-hydroxylation sites is 1. The number of piperidine rings is 1. The largest absolute Gasteiger partial charge is 0.497 e. The number of benzene rings is 2. The molecule has 2 atom stereocenters. The molecule has 4 rings (SSSR count). The minimum Gasteiger partial charge on any atom is -0.497 e. The summed E-state index contributed by atoms with van der Waals surface area (Å²) in [7, 11) is 1.71. The third-order valence-electron chi connectivity index (χ3n) is 6.14. The molecule has 0 aromatic heterocycles. The monoisotopic (exact) mass is 395 g/mol. The van der Waals surface area contributed by atoms with Crippen LogP contribution in [0.2, 0.25) is 0 Å². The molecule has 0 radical (unpaired) electrons. The topological polar surface area (TPSA) is 36.5 Å². The number of hydrogen-bond donors (Lipinski definition) is 2. The first-order chi connectivity index (χ1) is 13.6. The highest BCUT2D eigenvalue weighted by Crippen LogP contribution is 2.37. The van der Waals surface area contributed by atoms with E-state index >= 15 is 0 Å². The maximum absolute atomic E-state index is 5.58. The lowest BCUT2D eigenvalue weighted by Crippen LogP contribution is -2.50. The van der Waals surface area contributed by atoms with Gasteiger partial charge in [-0.25, -0.2) is 0 Å². The SMILES string of the molecule is COc1ccc(CN2C3CCC2CC(NC(=S)Nc2ccccc2C)C3)cc1. The van der Waals surface area contributed by atoms with Crippen LogP contribution in [0.25, 0.3) is 0 Å². The van der Waals surface area contributed by atoms with Crippen molar-refractivity contribution in [3.05, 3.63) is 59.7 Å². The van der Waals surface area contributed by atoms with E-state index in [-0.39, 0.29) is 0 Å². The average molecular weight is 396 g/mol. The van der Waals surface area contributed by atoms with E-state index in [1.807, 2.05) is 12.1 Å². The molecule has 5 heteroatoms. The number of fused-ring (bicyclic) bond motifs is 2. The van der Waals surface area contributed by atoms with E-state index < -0.39 is 0 Å². The van der Waals surface area contributed by atoms with Crippen molar-refractivity contribution in [2.24, 2.45) is 0 Å². The maximum atomic E-state index is 5.58. The molecule has 28 heavy (non-hydrogen) atoms. The second-order valence-corrected chi connectivity index (χ2v) is 8.40. The van der Waals surface area contributed by atoms with Gasteiger partial charge < -0.3 is 15.4 Å². The number of methoxy groups -OCH3 is 1. The van der Waals surface area contributed by atoms with Gasteiger partial charge in [0.05, 0.1) is 7.11 Å². The molecule has 2 saturated heterocycles. The normalized spacial score (nSPS) is 24.0. The first-order valence-electron chi connectivity index (χ1n) is 10.1. The standard InChI is InChI=1S/C23H29N3OS/c1-16-5-3-4-6-22(16)25-23(28)24-18-13-19-9-10-20(14-18)26(19)15-17-7-11-21(27-2)12-8-17/h3-8,11-12,18-20H,9-10,13-15H2,1-2H3,(H2,24,25,28). The van der Waals surface area contributed by atoms with Crippen LogP contribution in [0.1, 0.15) is 36.8 Å². The highest BCUT2D eigenvalue weighted by molar-refractivity contribution is 7.80. The van der Waals surface area contributed by atoms with Gasteiger partial charge >= 0.3 is 0 Å². The zero-order valence-corrected chi connectivity index (χ0v) is 17.5. The molecule has 0 spiro atoms. The summed E-state index contributed by atoms with van der Waals surface area (Å²) in [5.74, 6) is 0.921.